The Kier molecular flexibility index (Phi) is 1.78. The van der Waals surface area contributed by atoms with Gasteiger partial charge >= 0.3 is 0 Å². The number of hydrogen-bond acceptors (Lipinski definition) is 2. The normalized spacial score (nSPS) is 21.1. The first-order valence-electron chi connectivity index (χ1n) is 2.78. The Balaban J connectivity index is 2.28. The summed E-state index contributed by atoms with van der Waals surface area (Å²) in [6.07, 6.45) is 3.17. The highest BCUT2D eigenvalue weighted by Gasteiger charge is 2.02. The molecule has 0 aromatic carbocycles. The van der Waals surface area contributed by atoms with Crippen molar-refractivity contribution in [3.63, 3.8) is 0 Å². The average Bonchev–Trinajstić information content (AvgIpc) is 1.94. The van der Waals surface area contributed by atoms with Crippen molar-refractivity contribution in [1.29, 1.82) is 0 Å². The topological polar surface area (TPSA) is 18.5 Å². The van der Waals surface area contributed by atoms with Gasteiger partial charge in [-0.1, -0.05) is 6.92 Å². The molecule has 1 aliphatic rings. The van der Waals surface area contributed by atoms with Crippen LogP contribution in [-0.2, 0) is 9.47 Å². The summed E-state index contributed by atoms with van der Waals surface area (Å²) in [5.41, 5.74) is 0. The van der Waals surface area contributed by atoms with Crippen LogP contribution < -0.4 is 0 Å². The van der Waals surface area contributed by atoms with Crippen molar-refractivity contribution in [2.24, 2.45) is 5.92 Å². The molecule has 0 saturated heterocycles. The third kappa shape index (κ3) is 1.45. The molecule has 0 spiro atoms. The van der Waals surface area contributed by atoms with E-state index in [9.17, 15) is 0 Å². The van der Waals surface area contributed by atoms with Crippen molar-refractivity contribution in [3.05, 3.63) is 12.5 Å². The van der Waals surface area contributed by atoms with Crippen LogP contribution in [0.1, 0.15) is 6.92 Å². The van der Waals surface area contributed by atoms with Gasteiger partial charge in [0.05, 0.1) is 13.2 Å². The van der Waals surface area contributed by atoms with E-state index in [1.807, 2.05) is 0 Å². The zero-order valence-electron chi connectivity index (χ0n) is 4.96. The Morgan fingerprint density at radius 1 is 1.25 bits per heavy atom. The van der Waals surface area contributed by atoms with Gasteiger partial charge in [0.25, 0.3) is 0 Å². The molecule has 2 heteroatoms. The first-order chi connectivity index (χ1) is 3.89. The molecule has 2 nitrogen and oxygen atoms in total. The van der Waals surface area contributed by atoms with Crippen LogP contribution in [0.25, 0.3) is 0 Å². The highest BCUT2D eigenvalue weighted by atomic mass is 16.5. The van der Waals surface area contributed by atoms with E-state index in [1.165, 1.54) is 0 Å². The largest absolute Gasteiger partial charge is 0.498 e. The second kappa shape index (κ2) is 2.60. The summed E-state index contributed by atoms with van der Waals surface area (Å²) in [6.45, 7) is 3.64. The third-order valence-electron chi connectivity index (χ3n) is 1.01. The van der Waals surface area contributed by atoms with E-state index in [0.717, 1.165) is 13.2 Å². The molecule has 0 N–H and O–H groups in total. The van der Waals surface area contributed by atoms with Crippen LogP contribution in [0.4, 0.5) is 0 Å². The second-order valence-corrected chi connectivity index (χ2v) is 2.04. The van der Waals surface area contributed by atoms with E-state index in [-0.39, 0.29) is 0 Å². The summed E-state index contributed by atoms with van der Waals surface area (Å²) in [5, 5.41) is 0. The van der Waals surface area contributed by atoms with Gasteiger partial charge in [0.1, 0.15) is 12.5 Å². The maximum atomic E-state index is 5.00. The Hall–Kier alpha value is -0.660. The predicted molar refractivity (Wildman–Crippen MR) is 30.2 cm³/mol. The molecule has 0 atom stereocenters. The summed E-state index contributed by atoms with van der Waals surface area (Å²) in [6, 6.07) is 0. The zero-order valence-corrected chi connectivity index (χ0v) is 4.96. The summed E-state index contributed by atoms with van der Waals surface area (Å²) in [7, 11) is 0. The summed E-state index contributed by atoms with van der Waals surface area (Å²) >= 11 is 0. The van der Waals surface area contributed by atoms with Gasteiger partial charge in [0.2, 0.25) is 0 Å². The second-order valence-electron chi connectivity index (χ2n) is 2.04. The Labute approximate surface area is 49.1 Å². The predicted octanol–water partition coefficient (Wildman–Crippen LogP) is 1.14. The van der Waals surface area contributed by atoms with Gasteiger partial charge in [-0.2, -0.15) is 0 Å². The highest BCUT2D eigenvalue weighted by Crippen LogP contribution is 2.01. The summed E-state index contributed by atoms with van der Waals surface area (Å²) in [5.74, 6) is 0.519. The van der Waals surface area contributed by atoms with E-state index in [2.05, 4.69) is 6.92 Å². The fraction of sp³-hybridized carbons (Fsp3) is 0.667. The smallest absolute Gasteiger partial charge is 0.117 e. The molecule has 0 radical (unpaired) electrons. The van der Waals surface area contributed by atoms with Crippen molar-refractivity contribution in [1.82, 2.24) is 0 Å². The SMILES string of the molecule is CC1COC=COC1. The molecular weight excluding hydrogens is 104 g/mol. The number of hydrogen-bond donors (Lipinski definition) is 0. The summed E-state index contributed by atoms with van der Waals surface area (Å²) in [4.78, 5) is 0. The molecule has 8 heavy (non-hydrogen) atoms. The molecule has 0 aromatic rings. The molecule has 1 heterocycles. The fourth-order valence-electron chi connectivity index (χ4n) is 0.566. The van der Waals surface area contributed by atoms with Crippen LogP contribution in [0.2, 0.25) is 0 Å². The van der Waals surface area contributed by atoms with Crippen molar-refractivity contribution < 1.29 is 9.47 Å². The molecule has 1 aliphatic heterocycles. The number of ether oxygens (including phenoxy) is 2. The quantitative estimate of drug-likeness (QED) is 0.470. The van der Waals surface area contributed by atoms with E-state index in [0.29, 0.717) is 5.92 Å². The fourth-order valence-corrected chi connectivity index (χ4v) is 0.566. The van der Waals surface area contributed by atoms with Crippen LogP contribution in [0.15, 0.2) is 12.5 Å². The standard InChI is InChI=1S/C6H10O2/c1-6-4-7-2-3-8-5-6/h2-3,6H,4-5H2,1H3. The lowest BCUT2D eigenvalue weighted by Crippen LogP contribution is -2.06. The molecule has 0 bridgehead atoms. The molecule has 0 fully saturated rings. The molecule has 0 aliphatic carbocycles. The number of rotatable bonds is 0. The van der Waals surface area contributed by atoms with E-state index in [4.69, 9.17) is 9.47 Å². The zero-order chi connectivity index (χ0) is 5.82. The maximum Gasteiger partial charge on any atom is 0.117 e. The minimum Gasteiger partial charge on any atom is -0.498 e. The molecular formula is C6H10O2. The monoisotopic (exact) mass is 114 g/mol. The minimum absolute atomic E-state index is 0.519. The lowest BCUT2D eigenvalue weighted by molar-refractivity contribution is 0.170. The third-order valence-corrected chi connectivity index (χ3v) is 1.01. The Morgan fingerprint density at radius 3 is 2.25 bits per heavy atom. The van der Waals surface area contributed by atoms with E-state index in [1.54, 1.807) is 12.5 Å². The average molecular weight is 114 g/mol. The van der Waals surface area contributed by atoms with E-state index < -0.39 is 0 Å². The van der Waals surface area contributed by atoms with Crippen LogP contribution in [0.3, 0.4) is 0 Å². The first kappa shape index (κ1) is 5.48. The molecule has 46 valence electrons. The molecule has 0 saturated carbocycles. The van der Waals surface area contributed by atoms with Gasteiger partial charge in [0.15, 0.2) is 0 Å². The van der Waals surface area contributed by atoms with E-state index >= 15 is 0 Å². The summed E-state index contributed by atoms with van der Waals surface area (Å²) < 4.78 is 10.0. The van der Waals surface area contributed by atoms with Crippen molar-refractivity contribution in [2.75, 3.05) is 13.2 Å². The lowest BCUT2D eigenvalue weighted by Gasteiger charge is -2.03. The van der Waals surface area contributed by atoms with Gasteiger partial charge in [0, 0.05) is 5.92 Å². The minimum atomic E-state index is 0.519. The van der Waals surface area contributed by atoms with Crippen molar-refractivity contribution >= 4 is 0 Å². The van der Waals surface area contributed by atoms with Crippen molar-refractivity contribution in [2.45, 2.75) is 6.92 Å². The molecule has 0 unspecified atom stereocenters. The molecule has 1 rings (SSSR count). The first-order valence-corrected chi connectivity index (χ1v) is 2.78. The maximum absolute atomic E-state index is 5.00. The lowest BCUT2D eigenvalue weighted by atomic mass is 10.2. The Bertz CT molecular complexity index is 78.5. The van der Waals surface area contributed by atoms with Gasteiger partial charge in [-0.25, -0.2) is 0 Å². The van der Waals surface area contributed by atoms with Crippen molar-refractivity contribution in [3.8, 4) is 0 Å². The Morgan fingerprint density at radius 2 is 1.75 bits per heavy atom. The van der Waals surface area contributed by atoms with Crippen LogP contribution in [-0.4, -0.2) is 13.2 Å². The van der Waals surface area contributed by atoms with Gasteiger partial charge in [-0.3, -0.25) is 0 Å². The molecule has 0 aromatic heterocycles. The van der Waals surface area contributed by atoms with Gasteiger partial charge in [-0.15, -0.1) is 0 Å². The van der Waals surface area contributed by atoms with Crippen LogP contribution in [0, 0.1) is 5.92 Å². The van der Waals surface area contributed by atoms with Crippen LogP contribution >= 0.6 is 0 Å². The van der Waals surface area contributed by atoms with Gasteiger partial charge < -0.3 is 9.47 Å². The molecule has 0 amide bonds. The van der Waals surface area contributed by atoms with Gasteiger partial charge in [-0.05, 0) is 0 Å². The van der Waals surface area contributed by atoms with Crippen LogP contribution in [0.5, 0.6) is 0 Å². The highest BCUT2D eigenvalue weighted by molar-refractivity contribution is 4.66.